The summed E-state index contributed by atoms with van der Waals surface area (Å²) in [4.78, 5) is 2.89. The first-order valence-corrected chi connectivity index (χ1v) is 26.4. The fourth-order valence-electron chi connectivity index (χ4n) is 7.83. The van der Waals surface area contributed by atoms with Crippen molar-refractivity contribution in [3.05, 3.63) is 30.8 Å². The molecule has 0 amide bonds. The van der Waals surface area contributed by atoms with Gasteiger partial charge in [-0.25, -0.2) is 0 Å². The molecule has 0 atom stereocenters. The molecule has 2 rings (SSSR count). The van der Waals surface area contributed by atoms with Gasteiger partial charge in [-0.3, -0.25) is 0 Å². The van der Waals surface area contributed by atoms with Crippen molar-refractivity contribution in [2.75, 3.05) is 0 Å². The first kappa shape index (κ1) is 48.5. The monoisotopic (exact) mass is 882 g/mol. The van der Waals surface area contributed by atoms with Crippen LogP contribution in [0.15, 0.2) is 19.7 Å². The van der Waals surface area contributed by atoms with E-state index in [1.807, 2.05) is 22.7 Å². The molecule has 2 heterocycles. The van der Waals surface area contributed by atoms with Gasteiger partial charge in [-0.1, -0.05) is 232 Å². The lowest BCUT2D eigenvalue weighted by Gasteiger charge is -2.04. The second-order valence-corrected chi connectivity index (χ2v) is 21.1. The summed E-state index contributed by atoms with van der Waals surface area (Å²) in [6, 6.07) is 4.95. The van der Waals surface area contributed by atoms with Gasteiger partial charge in [0.1, 0.15) is 0 Å². The van der Waals surface area contributed by atoms with Crippen LogP contribution in [0.4, 0.5) is 0 Å². The number of hydrogen-bond acceptors (Lipinski definition) is 2. The van der Waals surface area contributed by atoms with Gasteiger partial charge in [0.15, 0.2) is 0 Å². The van der Waals surface area contributed by atoms with E-state index in [1.165, 1.54) is 272 Å². The Bertz CT molecular complexity index is 957. The number of aryl methyl sites for hydroxylation is 2. The van der Waals surface area contributed by atoms with E-state index >= 15 is 0 Å². The standard InChI is InChI=1S/C48H84Br2S2/c1-3-5-7-9-11-13-15-17-19-21-23-25-27-29-31-33-35-37-39-43-41-45(51-47(43)49)46-42-44(48(50)52-46)40-38-36-34-32-30-28-26-24-22-20-18-16-14-12-10-8-6-4-2/h41-42H,3-40H2,1-2H3. The summed E-state index contributed by atoms with van der Waals surface area (Å²) in [5, 5.41) is 0. The average Bonchev–Trinajstić information content (AvgIpc) is 3.71. The largest absolute Gasteiger partial charge is 0.127 e. The van der Waals surface area contributed by atoms with E-state index in [0.29, 0.717) is 0 Å². The van der Waals surface area contributed by atoms with Crippen LogP contribution in [0, 0.1) is 0 Å². The van der Waals surface area contributed by atoms with Crippen LogP contribution >= 0.6 is 54.5 Å². The molecule has 0 aliphatic carbocycles. The molecule has 0 spiro atoms. The molecule has 0 saturated heterocycles. The number of hydrogen-bond donors (Lipinski definition) is 0. The van der Waals surface area contributed by atoms with Gasteiger partial charge in [0.05, 0.1) is 7.57 Å². The Hall–Kier alpha value is 0.360. The van der Waals surface area contributed by atoms with Crippen molar-refractivity contribution in [3.8, 4) is 9.75 Å². The quantitative estimate of drug-likeness (QED) is 0.0587. The third-order valence-electron chi connectivity index (χ3n) is 11.4. The Morgan fingerprint density at radius 3 is 0.712 bits per heavy atom. The van der Waals surface area contributed by atoms with Gasteiger partial charge in [0.2, 0.25) is 0 Å². The highest BCUT2D eigenvalue weighted by Crippen LogP contribution is 2.42. The van der Waals surface area contributed by atoms with Crippen molar-refractivity contribution in [1.82, 2.24) is 0 Å². The van der Waals surface area contributed by atoms with Crippen LogP contribution in [0.25, 0.3) is 9.75 Å². The first-order chi connectivity index (χ1) is 25.7. The molecule has 4 heteroatoms. The smallest absolute Gasteiger partial charge is 0.0737 e. The zero-order valence-electron chi connectivity index (χ0n) is 34.6. The summed E-state index contributed by atoms with van der Waals surface area (Å²) in [5.74, 6) is 0. The van der Waals surface area contributed by atoms with Crippen molar-refractivity contribution in [2.45, 2.75) is 258 Å². The molecule has 302 valence electrons. The molecule has 52 heavy (non-hydrogen) atoms. The lowest BCUT2D eigenvalue weighted by molar-refractivity contribution is 0.525. The van der Waals surface area contributed by atoms with Gasteiger partial charge in [-0.05, 0) is 80.8 Å². The number of thiophene rings is 2. The molecule has 0 bridgehead atoms. The van der Waals surface area contributed by atoms with Crippen molar-refractivity contribution >= 4 is 54.5 Å². The molecule has 0 radical (unpaired) electrons. The van der Waals surface area contributed by atoms with Gasteiger partial charge in [0, 0.05) is 9.75 Å². The first-order valence-electron chi connectivity index (χ1n) is 23.2. The molecule has 0 saturated carbocycles. The van der Waals surface area contributed by atoms with Gasteiger partial charge < -0.3 is 0 Å². The Labute approximate surface area is 350 Å². The summed E-state index contributed by atoms with van der Waals surface area (Å²) in [7, 11) is 0. The van der Waals surface area contributed by atoms with E-state index < -0.39 is 0 Å². The van der Waals surface area contributed by atoms with Crippen LogP contribution in [0.1, 0.15) is 256 Å². The van der Waals surface area contributed by atoms with Gasteiger partial charge in [0.25, 0.3) is 0 Å². The highest BCUT2D eigenvalue weighted by Gasteiger charge is 2.13. The minimum Gasteiger partial charge on any atom is -0.127 e. The summed E-state index contributed by atoms with van der Waals surface area (Å²) < 4.78 is 2.70. The molecule has 0 aliphatic heterocycles. The molecule has 0 aromatic carbocycles. The zero-order valence-corrected chi connectivity index (χ0v) is 39.4. The van der Waals surface area contributed by atoms with Crippen LogP contribution < -0.4 is 0 Å². The number of rotatable bonds is 39. The van der Waals surface area contributed by atoms with Crippen molar-refractivity contribution in [2.24, 2.45) is 0 Å². The van der Waals surface area contributed by atoms with Gasteiger partial charge in [-0.15, -0.1) is 22.7 Å². The molecule has 2 aromatic heterocycles. The normalized spacial score (nSPS) is 11.7. The zero-order chi connectivity index (χ0) is 37.2. The Morgan fingerprint density at radius 2 is 0.500 bits per heavy atom. The maximum absolute atomic E-state index is 3.91. The van der Waals surface area contributed by atoms with E-state index in [9.17, 15) is 0 Å². The molecule has 0 nitrogen and oxygen atoms in total. The molecular weight excluding hydrogens is 800 g/mol. The second-order valence-electron chi connectivity index (χ2n) is 16.3. The maximum atomic E-state index is 3.91. The summed E-state index contributed by atoms with van der Waals surface area (Å²) in [6.07, 6.45) is 54.3. The van der Waals surface area contributed by atoms with E-state index in [-0.39, 0.29) is 0 Å². The minimum absolute atomic E-state index is 1.22. The van der Waals surface area contributed by atoms with E-state index in [0.717, 1.165) is 0 Å². The summed E-state index contributed by atoms with van der Waals surface area (Å²) >= 11 is 11.7. The van der Waals surface area contributed by atoms with Crippen molar-refractivity contribution in [3.63, 3.8) is 0 Å². The fourth-order valence-corrected chi connectivity index (χ4v) is 11.4. The van der Waals surface area contributed by atoms with Crippen molar-refractivity contribution in [1.29, 1.82) is 0 Å². The van der Waals surface area contributed by atoms with E-state index in [4.69, 9.17) is 0 Å². The van der Waals surface area contributed by atoms with E-state index in [2.05, 4.69) is 57.8 Å². The van der Waals surface area contributed by atoms with Crippen molar-refractivity contribution < 1.29 is 0 Å². The molecular formula is C48H84Br2S2. The summed E-state index contributed by atoms with van der Waals surface area (Å²) in [5.41, 5.74) is 3.04. The summed E-state index contributed by atoms with van der Waals surface area (Å²) in [6.45, 7) is 4.62. The van der Waals surface area contributed by atoms with Crippen LogP contribution in [0.3, 0.4) is 0 Å². The molecule has 0 unspecified atom stereocenters. The molecule has 2 aromatic rings. The SMILES string of the molecule is CCCCCCCCCCCCCCCCCCCCc1cc(-c2cc(CCCCCCCCCCCCCCCCCCCC)c(Br)s2)sc1Br. The van der Waals surface area contributed by atoms with Crippen LogP contribution in [-0.2, 0) is 12.8 Å². The highest BCUT2D eigenvalue weighted by atomic mass is 79.9. The Balaban J connectivity index is 1.42. The Morgan fingerprint density at radius 1 is 0.308 bits per heavy atom. The molecule has 0 N–H and O–H groups in total. The van der Waals surface area contributed by atoms with Crippen LogP contribution in [-0.4, -0.2) is 0 Å². The van der Waals surface area contributed by atoms with Gasteiger partial charge in [-0.2, -0.15) is 0 Å². The fraction of sp³-hybridized carbons (Fsp3) is 0.833. The lowest BCUT2D eigenvalue weighted by atomic mass is 10.0. The number of halogens is 2. The molecule has 0 aliphatic rings. The predicted molar refractivity (Wildman–Crippen MR) is 248 cm³/mol. The van der Waals surface area contributed by atoms with Crippen LogP contribution in [0.2, 0.25) is 0 Å². The third-order valence-corrected chi connectivity index (χ3v) is 15.5. The highest BCUT2D eigenvalue weighted by molar-refractivity contribution is 9.11. The predicted octanol–water partition coefficient (Wildman–Crippen LogP) is 20.2. The van der Waals surface area contributed by atoms with E-state index in [1.54, 1.807) is 0 Å². The topological polar surface area (TPSA) is 0 Å². The maximum Gasteiger partial charge on any atom is 0.0737 e. The van der Waals surface area contributed by atoms with Gasteiger partial charge >= 0.3 is 0 Å². The van der Waals surface area contributed by atoms with Crippen LogP contribution in [0.5, 0.6) is 0 Å². The number of unbranched alkanes of at least 4 members (excludes halogenated alkanes) is 34. The minimum atomic E-state index is 1.22. The lowest BCUT2D eigenvalue weighted by Crippen LogP contribution is -1.86. The third kappa shape index (κ3) is 26.3. The second kappa shape index (κ2) is 35.8. The average molecular weight is 885 g/mol. The Kier molecular flexibility index (Phi) is 33.4. The molecule has 0 fully saturated rings.